The van der Waals surface area contributed by atoms with Crippen LogP contribution in [0.2, 0.25) is 0 Å². The van der Waals surface area contributed by atoms with Crippen LogP contribution in [0.4, 0.5) is 0 Å². The minimum absolute atomic E-state index is 0.0353. The molecule has 0 unspecified atom stereocenters. The van der Waals surface area contributed by atoms with Crippen LogP contribution in [0.15, 0.2) is 30.5 Å². The molecule has 0 aliphatic heterocycles. The van der Waals surface area contributed by atoms with Crippen molar-refractivity contribution in [1.82, 2.24) is 4.98 Å². The van der Waals surface area contributed by atoms with E-state index in [4.69, 9.17) is 14.2 Å². The first kappa shape index (κ1) is 15.6. The average molecular weight is 303 g/mol. The summed E-state index contributed by atoms with van der Waals surface area (Å²) < 4.78 is 15.6. The summed E-state index contributed by atoms with van der Waals surface area (Å²) >= 11 is 0. The highest BCUT2D eigenvalue weighted by Gasteiger charge is 2.14. The number of hydrogen-bond donors (Lipinski definition) is 1. The Labute approximate surface area is 128 Å². The molecule has 0 bridgehead atoms. The number of ketones is 1. The zero-order valence-electron chi connectivity index (χ0n) is 12.6. The van der Waals surface area contributed by atoms with Gasteiger partial charge < -0.3 is 19.2 Å². The number of esters is 1. The van der Waals surface area contributed by atoms with Crippen LogP contribution in [0, 0.1) is 0 Å². The van der Waals surface area contributed by atoms with Crippen LogP contribution in [0.25, 0.3) is 0 Å². The predicted octanol–water partition coefficient (Wildman–Crippen LogP) is 2.59. The lowest BCUT2D eigenvalue weighted by Crippen LogP contribution is -2.06. The minimum atomic E-state index is -0.544. The van der Waals surface area contributed by atoms with Crippen molar-refractivity contribution in [2.75, 3.05) is 14.2 Å². The van der Waals surface area contributed by atoms with Crippen molar-refractivity contribution < 1.29 is 23.8 Å². The van der Waals surface area contributed by atoms with Crippen molar-refractivity contribution in [2.24, 2.45) is 0 Å². The number of aromatic amines is 1. The van der Waals surface area contributed by atoms with E-state index in [-0.39, 0.29) is 18.1 Å². The maximum Gasteiger partial charge on any atom is 0.355 e. The molecule has 22 heavy (non-hydrogen) atoms. The Hall–Kier alpha value is -2.76. The molecule has 1 aromatic heterocycles. The number of benzene rings is 1. The van der Waals surface area contributed by atoms with E-state index >= 15 is 0 Å². The van der Waals surface area contributed by atoms with Gasteiger partial charge in [-0.25, -0.2) is 4.79 Å². The molecule has 0 radical (unpaired) electrons. The highest BCUT2D eigenvalue weighted by Crippen LogP contribution is 2.24. The molecule has 6 heteroatoms. The molecule has 1 aromatic carbocycles. The first-order chi connectivity index (χ1) is 10.5. The fourth-order valence-corrected chi connectivity index (χ4v) is 1.93. The summed E-state index contributed by atoms with van der Waals surface area (Å²) in [5.74, 6) is 0.581. The fraction of sp³-hybridized carbons (Fsp3) is 0.250. The van der Waals surface area contributed by atoms with Gasteiger partial charge in [0.2, 0.25) is 0 Å². The van der Waals surface area contributed by atoms with Gasteiger partial charge in [0, 0.05) is 17.3 Å². The first-order valence-corrected chi connectivity index (χ1v) is 6.62. The largest absolute Gasteiger partial charge is 0.497 e. The summed E-state index contributed by atoms with van der Waals surface area (Å²) in [6.45, 7) is 1.47. The highest BCUT2D eigenvalue weighted by atomic mass is 16.5. The van der Waals surface area contributed by atoms with Crippen molar-refractivity contribution in [3.05, 3.63) is 47.3 Å². The van der Waals surface area contributed by atoms with E-state index in [1.807, 2.05) is 0 Å². The molecule has 6 nitrogen and oxygen atoms in total. The van der Waals surface area contributed by atoms with Crippen LogP contribution in [0.1, 0.15) is 33.3 Å². The number of Topliss-reactive ketones (excluding diaryl/α,β-unsaturated/α-hetero) is 1. The van der Waals surface area contributed by atoms with Crippen LogP contribution >= 0.6 is 0 Å². The van der Waals surface area contributed by atoms with Crippen molar-refractivity contribution in [3.63, 3.8) is 0 Å². The summed E-state index contributed by atoms with van der Waals surface area (Å²) in [7, 11) is 3.09. The zero-order valence-corrected chi connectivity index (χ0v) is 12.6. The molecular weight excluding hydrogens is 286 g/mol. The molecule has 116 valence electrons. The van der Waals surface area contributed by atoms with E-state index in [0.29, 0.717) is 22.6 Å². The second-order valence-electron chi connectivity index (χ2n) is 4.61. The SMILES string of the molecule is COc1ccc(OC)c(COC(=O)c2cc(C(C)=O)c[nH]2)c1. The summed E-state index contributed by atoms with van der Waals surface area (Å²) in [5, 5.41) is 0. The Morgan fingerprint density at radius 2 is 1.91 bits per heavy atom. The fourth-order valence-electron chi connectivity index (χ4n) is 1.93. The lowest BCUT2D eigenvalue weighted by Gasteiger charge is -2.10. The van der Waals surface area contributed by atoms with Crippen molar-refractivity contribution in [2.45, 2.75) is 13.5 Å². The quantitative estimate of drug-likeness (QED) is 0.655. The van der Waals surface area contributed by atoms with Crippen LogP contribution < -0.4 is 9.47 Å². The van der Waals surface area contributed by atoms with Gasteiger partial charge in [-0.1, -0.05) is 0 Å². The molecule has 0 saturated heterocycles. The molecule has 0 saturated carbocycles. The lowest BCUT2D eigenvalue weighted by atomic mass is 10.2. The molecule has 1 heterocycles. The van der Waals surface area contributed by atoms with Gasteiger partial charge in [-0.05, 0) is 31.2 Å². The second-order valence-corrected chi connectivity index (χ2v) is 4.61. The number of aromatic nitrogens is 1. The maximum absolute atomic E-state index is 12.0. The number of methoxy groups -OCH3 is 2. The highest BCUT2D eigenvalue weighted by molar-refractivity contribution is 5.97. The Morgan fingerprint density at radius 1 is 1.14 bits per heavy atom. The molecule has 0 fully saturated rings. The van der Waals surface area contributed by atoms with Gasteiger partial charge in [-0.2, -0.15) is 0 Å². The van der Waals surface area contributed by atoms with E-state index in [2.05, 4.69) is 4.98 Å². The van der Waals surface area contributed by atoms with Crippen molar-refractivity contribution in [1.29, 1.82) is 0 Å². The van der Waals surface area contributed by atoms with Crippen LogP contribution in [0.3, 0.4) is 0 Å². The monoisotopic (exact) mass is 303 g/mol. The molecule has 0 amide bonds. The lowest BCUT2D eigenvalue weighted by molar-refractivity contribution is 0.0463. The van der Waals surface area contributed by atoms with Gasteiger partial charge in [-0.15, -0.1) is 0 Å². The molecule has 1 N–H and O–H groups in total. The summed E-state index contributed by atoms with van der Waals surface area (Å²) in [4.78, 5) is 25.9. The Kier molecular flexibility index (Phi) is 4.83. The maximum atomic E-state index is 12.0. The minimum Gasteiger partial charge on any atom is -0.497 e. The number of rotatable bonds is 6. The van der Waals surface area contributed by atoms with E-state index in [9.17, 15) is 9.59 Å². The predicted molar refractivity (Wildman–Crippen MR) is 79.5 cm³/mol. The molecule has 0 aliphatic carbocycles. The third kappa shape index (κ3) is 3.46. The molecular formula is C16H17NO5. The number of carbonyl (C=O) groups is 2. The third-order valence-corrected chi connectivity index (χ3v) is 3.16. The molecule has 2 aromatic rings. The third-order valence-electron chi connectivity index (χ3n) is 3.16. The molecule has 0 atom stereocenters. The number of ether oxygens (including phenoxy) is 3. The van der Waals surface area contributed by atoms with Gasteiger partial charge in [0.15, 0.2) is 5.78 Å². The Morgan fingerprint density at radius 3 is 2.50 bits per heavy atom. The van der Waals surface area contributed by atoms with Crippen LogP contribution in [-0.2, 0) is 11.3 Å². The number of H-pyrrole nitrogens is 1. The van der Waals surface area contributed by atoms with Gasteiger partial charge >= 0.3 is 5.97 Å². The van der Waals surface area contributed by atoms with E-state index in [1.54, 1.807) is 25.3 Å². The average Bonchev–Trinajstić information content (AvgIpc) is 3.02. The van der Waals surface area contributed by atoms with Crippen LogP contribution in [0.5, 0.6) is 11.5 Å². The molecule has 0 aliphatic rings. The Balaban J connectivity index is 2.08. The van der Waals surface area contributed by atoms with Crippen molar-refractivity contribution in [3.8, 4) is 11.5 Å². The summed E-state index contributed by atoms with van der Waals surface area (Å²) in [6.07, 6.45) is 1.48. The van der Waals surface area contributed by atoms with Gasteiger partial charge in [0.25, 0.3) is 0 Å². The second kappa shape index (κ2) is 6.80. The van der Waals surface area contributed by atoms with E-state index in [0.717, 1.165) is 0 Å². The van der Waals surface area contributed by atoms with Gasteiger partial charge in [0.05, 0.1) is 14.2 Å². The summed E-state index contributed by atoms with van der Waals surface area (Å²) in [5.41, 5.74) is 1.35. The number of carbonyl (C=O) groups excluding carboxylic acids is 2. The number of hydrogen-bond acceptors (Lipinski definition) is 5. The zero-order chi connectivity index (χ0) is 16.1. The van der Waals surface area contributed by atoms with Crippen molar-refractivity contribution >= 4 is 11.8 Å². The van der Waals surface area contributed by atoms with Gasteiger partial charge in [0.1, 0.15) is 23.8 Å². The van der Waals surface area contributed by atoms with Crippen LogP contribution in [-0.4, -0.2) is 31.0 Å². The van der Waals surface area contributed by atoms with Gasteiger partial charge in [-0.3, -0.25) is 4.79 Å². The molecule has 2 rings (SSSR count). The smallest absolute Gasteiger partial charge is 0.355 e. The standard InChI is InChI=1S/C16H17NO5/c1-10(18)11-7-14(17-8-11)16(19)22-9-12-6-13(20-2)4-5-15(12)21-3/h4-8,17H,9H2,1-3H3. The number of nitrogens with one attached hydrogen (secondary N) is 1. The first-order valence-electron chi connectivity index (χ1n) is 6.62. The molecule has 0 spiro atoms. The summed E-state index contributed by atoms with van der Waals surface area (Å²) in [6, 6.07) is 6.70. The normalized spacial score (nSPS) is 10.1. The van der Waals surface area contributed by atoms with E-state index in [1.165, 1.54) is 26.3 Å². The Bertz CT molecular complexity index is 690. The van der Waals surface area contributed by atoms with E-state index < -0.39 is 5.97 Å². The topological polar surface area (TPSA) is 77.6 Å².